The van der Waals surface area contributed by atoms with Gasteiger partial charge in [0, 0.05) is 23.6 Å². The SMILES string of the molecule is CC(C)Oc1ccc(N2C(=O)C(=O)/C(=C(\O)c3ccncc3)C2c2ccc(C(C)(C)C)cc2)cc1. The molecule has 180 valence electrons. The van der Waals surface area contributed by atoms with Crippen LogP contribution >= 0.6 is 0 Å². The average Bonchev–Trinajstić information content (AvgIpc) is 3.09. The quantitative estimate of drug-likeness (QED) is 0.290. The van der Waals surface area contributed by atoms with Crippen molar-refractivity contribution in [2.24, 2.45) is 0 Å². The maximum atomic E-state index is 13.3. The Morgan fingerprint density at radius 3 is 2.09 bits per heavy atom. The number of nitrogens with zero attached hydrogens (tertiary/aromatic N) is 2. The molecule has 1 atom stereocenters. The summed E-state index contributed by atoms with van der Waals surface area (Å²) >= 11 is 0. The van der Waals surface area contributed by atoms with Crippen molar-refractivity contribution in [1.82, 2.24) is 4.98 Å². The zero-order chi connectivity index (χ0) is 25.3. The van der Waals surface area contributed by atoms with Gasteiger partial charge in [0.2, 0.25) is 0 Å². The Labute approximate surface area is 205 Å². The summed E-state index contributed by atoms with van der Waals surface area (Å²) in [6.07, 6.45) is 3.08. The van der Waals surface area contributed by atoms with Crippen LogP contribution < -0.4 is 9.64 Å². The van der Waals surface area contributed by atoms with Crippen molar-refractivity contribution in [2.75, 3.05) is 4.90 Å². The van der Waals surface area contributed by atoms with E-state index in [1.165, 1.54) is 17.3 Å². The number of ether oxygens (including phenoxy) is 1. The number of aromatic nitrogens is 1. The molecule has 1 amide bonds. The summed E-state index contributed by atoms with van der Waals surface area (Å²) in [5.74, 6) is -0.976. The van der Waals surface area contributed by atoms with Gasteiger partial charge in [-0.2, -0.15) is 0 Å². The van der Waals surface area contributed by atoms with Crippen LogP contribution in [0.5, 0.6) is 5.75 Å². The van der Waals surface area contributed by atoms with Gasteiger partial charge in [0.15, 0.2) is 0 Å². The topological polar surface area (TPSA) is 79.7 Å². The predicted molar refractivity (Wildman–Crippen MR) is 136 cm³/mol. The first kappa shape index (κ1) is 24.2. The highest BCUT2D eigenvalue weighted by molar-refractivity contribution is 6.51. The minimum absolute atomic E-state index is 0.0109. The molecule has 1 aromatic heterocycles. The first-order valence-electron chi connectivity index (χ1n) is 11.7. The van der Waals surface area contributed by atoms with E-state index < -0.39 is 17.7 Å². The van der Waals surface area contributed by atoms with E-state index in [9.17, 15) is 14.7 Å². The second-order valence-corrected chi connectivity index (χ2v) is 9.94. The van der Waals surface area contributed by atoms with E-state index in [4.69, 9.17) is 4.74 Å². The lowest BCUT2D eigenvalue weighted by atomic mass is 9.85. The summed E-state index contributed by atoms with van der Waals surface area (Å²) in [6, 6.07) is 17.3. The molecular formula is C29H30N2O4. The molecule has 2 heterocycles. The fraction of sp³-hybridized carbons (Fsp3) is 0.276. The highest BCUT2D eigenvalue weighted by Crippen LogP contribution is 2.42. The fourth-order valence-electron chi connectivity index (χ4n) is 4.20. The van der Waals surface area contributed by atoms with Gasteiger partial charge in [-0.3, -0.25) is 19.5 Å². The number of benzene rings is 2. The monoisotopic (exact) mass is 470 g/mol. The summed E-state index contributed by atoms with van der Waals surface area (Å²) in [4.78, 5) is 32.0. The summed E-state index contributed by atoms with van der Waals surface area (Å²) in [6.45, 7) is 10.2. The normalized spacial score (nSPS) is 17.8. The molecule has 0 spiro atoms. The Bertz CT molecular complexity index is 1250. The van der Waals surface area contributed by atoms with Crippen molar-refractivity contribution in [2.45, 2.75) is 52.2 Å². The van der Waals surface area contributed by atoms with Crippen molar-refractivity contribution < 1.29 is 19.4 Å². The minimum atomic E-state index is -0.783. The van der Waals surface area contributed by atoms with E-state index in [1.54, 1.807) is 36.4 Å². The Morgan fingerprint density at radius 2 is 1.54 bits per heavy atom. The maximum Gasteiger partial charge on any atom is 0.300 e. The molecule has 4 rings (SSSR count). The summed E-state index contributed by atoms with van der Waals surface area (Å²) in [5, 5.41) is 11.2. The van der Waals surface area contributed by atoms with Crippen LogP contribution in [0.25, 0.3) is 5.76 Å². The number of carbonyl (C=O) groups excluding carboxylic acids is 2. The number of anilines is 1. The molecule has 1 fully saturated rings. The number of ketones is 1. The lowest BCUT2D eigenvalue weighted by Crippen LogP contribution is -2.29. The molecule has 3 aromatic rings. The lowest BCUT2D eigenvalue weighted by Gasteiger charge is -2.27. The molecule has 0 aliphatic carbocycles. The van der Waals surface area contributed by atoms with E-state index in [2.05, 4.69) is 25.8 Å². The third-order valence-corrected chi connectivity index (χ3v) is 5.98. The summed E-state index contributed by atoms with van der Waals surface area (Å²) in [5.41, 5.74) is 2.82. The van der Waals surface area contributed by atoms with Crippen molar-refractivity contribution >= 4 is 23.1 Å². The van der Waals surface area contributed by atoms with E-state index >= 15 is 0 Å². The predicted octanol–water partition coefficient (Wildman–Crippen LogP) is 5.79. The van der Waals surface area contributed by atoms with Crippen LogP contribution in [-0.4, -0.2) is 27.9 Å². The number of hydrogen-bond donors (Lipinski definition) is 1. The second kappa shape index (κ2) is 9.37. The molecule has 0 bridgehead atoms. The summed E-state index contributed by atoms with van der Waals surface area (Å²) < 4.78 is 5.73. The minimum Gasteiger partial charge on any atom is -0.507 e. The zero-order valence-corrected chi connectivity index (χ0v) is 20.6. The molecule has 1 saturated heterocycles. The van der Waals surface area contributed by atoms with Gasteiger partial charge in [0.25, 0.3) is 11.7 Å². The number of aliphatic hydroxyl groups excluding tert-OH is 1. The zero-order valence-electron chi connectivity index (χ0n) is 20.6. The first-order valence-corrected chi connectivity index (χ1v) is 11.7. The number of hydrogen-bond acceptors (Lipinski definition) is 5. The number of pyridine rings is 1. The van der Waals surface area contributed by atoms with Gasteiger partial charge in [-0.15, -0.1) is 0 Å². The largest absolute Gasteiger partial charge is 0.507 e. The van der Waals surface area contributed by atoms with E-state index in [-0.39, 0.29) is 22.9 Å². The van der Waals surface area contributed by atoms with Gasteiger partial charge in [0.05, 0.1) is 17.7 Å². The van der Waals surface area contributed by atoms with Gasteiger partial charge in [0.1, 0.15) is 11.5 Å². The van der Waals surface area contributed by atoms with E-state index in [0.717, 1.165) is 11.1 Å². The number of aliphatic hydroxyl groups is 1. The van der Waals surface area contributed by atoms with Crippen LogP contribution in [0.15, 0.2) is 78.6 Å². The molecule has 0 saturated carbocycles. The van der Waals surface area contributed by atoms with E-state index in [1.807, 2.05) is 38.1 Å². The molecule has 6 nitrogen and oxygen atoms in total. The molecule has 2 aromatic carbocycles. The van der Waals surface area contributed by atoms with Gasteiger partial charge < -0.3 is 9.84 Å². The first-order chi connectivity index (χ1) is 16.6. The van der Waals surface area contributed by atoms with Crippen LogP contribution in [-0.2, 0) is 15.0 Å². The third-order valence-electron chi connectivity index (χ3n) is 5.98. The van der Waals surface area contributed by atoms with Gasteiger partial charge in [-0.1, -0.05) is 45.0 Å². The van der Waals surface area contributed by atoms with Crippen LogP contribution in [0.2, 0.25) is 0 Å². The maximum absolute atomic E-state index is 13.3. The molecule has 6 heteroatoms. The average molecular weight is 471 g/mol. The van der Waals surface area contributed by atoms with Gasteiger partial charge in [-0.05, 0) is 66.8 Å². The van der Waals surface area contributed by atoms with E-state index in [0.29, 0.717) is 17.0 Å². The van der Waals surface area contributed by atoms with Gasteiger partial charge >= 0.3 is 0 Å². The molecule has 1 aliphatic rings. The Kier molecular flexibility index (Phi) is 6.48. The van der Waals surface area contributed by atoms with Crippen molar-refractivity contribution in [3.63, 3.8) is 0 Å². The van der Waals surface area contributed by atoms with Gasteiger partial charge in [-0.25, -0.2) is 0 Å². The number of amides is 1. The molecular weight excluding hydrogens is 440 g/mol. The highest BCUT2D eigenvalue weighted by Gasteiger charge is 2.47. The summed E-state index contributed by atoms with van der Waals surface area (Å²) in [7, 11) is 0. The Hall–Kier alpha value is -3.93. The van der Waals surface area contributed by atoms with Crippen molar-refractivity contribution in [3.05, 3.63) is 95.3 Å². The van der Waals surface area contributed by atoms with Crippen LogP contribution in [0, 0.1) is 0 Å². The molecule has 35 heavy (non-hydrogen) atoms. The Morgan fingerprint density at radius 1 is 0.943 bits per heavy atom. The van der Waals surface area contributed by atoms with Crippen molar-refractivity contribution in [3.8, 4) is 5.75 Å². The smallest absolute Gasteiger partial charge is 0.300 e. The number of carbonyl (C=O) groups is 2. The molecule has 1 N–H and O–H groups in total. The second-order valence-electron chi connectivity index (χ2n) is 9.94. The number of rotatable bonds is 5. The van der Waals surface area contributed by atoms with Crippen LogP contribution in [0.3, 0.4) is 0 Å². The third kappa shape index (κ3) is 4.83. The van der Waals surface area contributed by atoms with Crippen molar-refractivity contribution in [1.29, 1.82) is 0 Å². The molecule has 0 radical (unpaired) electrons. The molecule has 1 aliphatic heterocycles. The fourth-order valence-corrected chi connectivity index (χ4v) is 4.20. The number of Topliss-reactive ketones (excluding diaryl/α,β-unsaturated/α-hetero) is 1. The highest BCUT2D eigenvalue weighted by atomic mass is 16.5. The van der Waals surface area contributed by atoms with Crippen LogP contribution in [0.1, 0.15) is 57.4 Å². The lowest BCUT2D eigenvalue weighted by molar-refractivity contribution is -0.132. The Balaban J connectivity index is 1.86. The standard InChI is InChI=1S/C29H30N2O4/c1-18(2)35-23-12-10-22(11-13-23)31-25(19-6-8-21(9-7-19)29(3,4)5)24(27(33)28(31)34)26(32)20-14-16-30-17-15-20/h6-18,25,32H,1-5H3/b26-24-. The molecule has 1 unspecified atom stereocenters. The van der Waals surface area contributed by atoms with Crippen LogP contribution in [0.4, 0.5) is 5.69 Å².